The lowest BCUT2D eigenvalue weighted by atomic mass is 10.0. The molecule has 3 aromatic carbocycles. The summed E-state index contributed by atoms with van der Waals surface area (Å²) in [6.45, 7) is 0. The van der Waals surface area contributed by atoms with Gasteiger partial charge in [-0.25, -0.2) is 5.43 Å². The van der Waals surface area contributed by atoms with Crippen molar-refractivity contribution in [1.29, 1.82) is 0 Å². The third-order valence-electron chi connectivity index (χ3n) is 4.17. The average molecular weight is 553 g/mol. The van der Waals surface area contributed by atoms with Crippen LogP contribution in [0.5, 0.6) is 11.5 Å². The average Bonchev–Trinajstić information content (AvgIpc) is 2.70. The molecule has 0 aromatic heterocycles. The second-order valence-corrected chi connectivity index (χ2v) is 7.98. The van der Waals surface area contributed by atoms with Crippen LogP contribution in [0.1, 0.15) is 11.1 Å². The predicted molar refractivity (Wildman–Crippen MR) is 123 cm³/mol. The zero-order valence-electron chi connectivity index (χ0n) is 15.3. The molecule has 0 aliphatic heterocycles. The van der Waals surface area contributed by atoms with Crippen LogP contribution in [0, 0.1) is 3.57 Å². The standard InChI is InChI=1S/C21H18BrIN2O3/c1-27-19-10-13(9-18(23)21(19)28-2)12-24-25-20(26)11-14-7-8-17(22)16-6-4-3-5-15(14)16/h3-10,12H,11H2,1-2H3,(H,25,26)/b24-12-. The maximum atomic E-state index is 12.3. The van der Waals surface area contributed by atoms with Gasteiger partial charge in [0.1, 0.15) is 0 Å². The first-order valence-electron chi connectivity index (χ1n) is 8.43. The Hall–Kier alpha value is -2.13. The largest absolute Gasteiger partial charge is 0.493 e. The molecular weight excluding hydrogens is 535 g/mol. The second kappa shape index (κ2) is 9.38. The highest BCUT2D eigenvalue weighted by molar-refractivity contribution is 14.1. The molecule has 0 saturated heterocycles. The third kappa shape index (κ3) is 4.64. The molecule has 5 nitrogen and oxygen atoms in total. The number of ether oxygens (including phenoxy) is 2. The van der Waals surface area contributed by atoms with Crippen LogP contribution in [-0.4, -0.2) is 26.3 Å². The van der Waals surface area contributed by atoms with Crippen LogP contribution in [-0.2, 0) is 11.2 Å². The van der Waals surface area contributed by atoms with Crippen LogP contribution in [0.3, 0.4) is 0 Å². The molecule has 28 heavy (non-hydrogen) atoms. The first-order chi connectivity index (χ1) is 13.5. The molecule has 0 heterocycles. The number of methoxy groups -OCH3 is 2. The van der Waals surface area contributed by atoms with Crippen LogP contribution in [0.2, 0.25) is 0 Å². The minimum Gasteiger partial charge on any atom is -0.493 e. The lowest BCUT2D eigenvalue weighted by Crippen LogP contribution is -2.20. The van der Waals surface area contributed by atoms with Gasteiger partial charge in [-0.05, 0) is 62.7 Å². The van der Waals surface area contributed by atoms with Crippen molar-refractivity contribution in [3.05, 3.63) is 67.7 Å². The quantitative estimate of drug-likeness (QED) is 0.268. The summed E-state index contributed by atoms with van der Waals surface area (Å²) in [5, 5.41) is 6.20. The van der Waals surface area contributed by atoms with Crippen molar-refractivity contribution in [2.45, 2.75) is 6.42 Å². The van der Waals surface area contributed by atoms with E-state index >= 15 is 0 Å². The molecule has 3 rings (SSSR count). The fraction of sp³-hybridized carbons (Fsp3) is 0.143. The Balaban J connectivity index is 1.72. The van der Waals surface area contributed by atoms with Gasteiger partial charge in [0.2, 0.25) is 5.91 Å². The van der Waals surface area contributed by atoms with E-state index in [9.17, 15) is 4.79 Å². The molecule has 0 aliphatic rings. The Kier molecular flexibility index (Phi) is 6.90. The maximum Gasteiger partial charge on any atom is 0.244 e. The van der Waals surface area contributed by atoms with Gasteiger partial charge >= 0.3 is 0 Å². The first-order valence-corrected chi connectivity index (χ1v) is 10.3. The highest BCUT2D eigenvalue weighted by atomic mass is 127. The molecule has 0 saturated carbocycles. The molecule has 0 aliphatic carbocycles. The number of hydrogen-bond donors (Lipinski definition) is 1. The van der Waals surface area contributed by atoms with E-state index in [-0.39, 0.29) is 12.3 Å². The zero-order valence-corrected chi connectivity index (χ0v) is 19.1. The fourth-order valence-electron chi connectivity index (χ4n) is 2.88. The smallest absolute Gasteiger partial charge is 0.244 e. The summed E-state index contributed by atoms with van der Waals surface area (Å²) in [7, 11) is 3.18. The van der Waals surface area contributed by atoms with Crippen molar-refractivity contribution in [2.24, 2.45) is 5.10 Å². The van der Waals surface area contributed by atoms with Crippen LogP contribution >= 0.6 is 38.5 Å². The summed E-state index contributed by atoms with van der Waals surface area (Å²) in [4.78, 5) is 12.3. The monoisotopic (exact) mass is 552 g/mol. The number of carbonyl (C=O) groups is 1. The van der Waals surface area contributed by atoms with Gasteiger partial charge in [-0.15, -0.1) is 0 Å². The van der Waals surface area contributed by atoms with E-state index in [0.717, 1.165) is 29.9 Å². The van der Waals surface area contributed by atoms with Crippen LogP contribution < -0.4 is 14.9 Å². The Morgan fingerprint density at radius 2 is 1.89 bits per heavy atom. The van der Waals surface area contributed by atoms with Gasteiger partial charge in [-0.1, -0.05) is 46.3 Å². The summed E-state index contributed by atoms with van der Waals surface area (Å²) in [5.74, 6) is 1.11. The topological polar surface area (TPSA) is 59.9 Å². The van der Waals surface area contributed by atoms with Crippen molar-refractivity contribution in [2.75, 3.05) is 14.2 Å². The van der Waals surface area contributed by atoms with Gasteiger partial charge in [-0.3, -0.25) is 4.79 Å². The maximum absolute atomic E-state index is 12.3. The van der Waals surface area contributed by atoms with Gasteiger partial charge in [-0.2, -0.15) is 5.10 Å². The summed E-state index contributed by atoms with van der Waals surface area (Å²) >= 11 is 5.72. The summed E-state index contributed by atoms with van der Waals surface area (Å²) in [6.07, 6.45) is 1.83. The van der Waals surface area contributed by atoms with Gasteiger partial charge in [0.05, 0.1) is 30.4 Å². The molecule has 0 spiro atoms. The molecule has 0 unspecified atom stereocenters. The minimum atomic E-state index is -0.182. The van der Waals surface area contributed by atoms with E-state index < -0.39 is 0 Å². The van der Waals surface area contributed by atoms with Crippen molar-refractivity contribution < 1.29 is 14.3 Å². The van der Waals surface area contributed by atoms with E-state index in [0.29, 0.717) is 11.5 Å². The van der Waals surface area contributed by atoms with Gasteiger partial charge in [0, 0.05) is 4.47 Å². The van der Waals surface area contributed by atoms with Crippen LogP contribution in [0.4, 0.5) is 0 Å². The molecule has 3 aromatic rings. The number of carbonyl (C=O) groups excluding carboxylic acids is 1. The van der Waals surface area contributed by atoms with E-state index in [2.05, 4.69) is 49.0 Å². The molecule has 0 fully saturated rings. The van der Waals surface area contributed by atoms with Crippen molar-refractivity contribution in [3.63, 3.8) is 0 Å². The van der Waals surface area contributed by atoms with Gasteiger partial charge < -0.3 is 9.47 Å². The van der Waals surface area contributed by atoms with Crippen molar-refractivity contribution in [3.8, 4) is 11.5 Å². The number of fused-ring (bicyclic) bond motifs is 1. The molecule has 0 atom stereocenters. The fourth-order valence-corrected chi connectivity index (χ4v) is 4.21. The predicted octanol–water partition coefficient (Wildman–Crippen LogP) is 4.92. The highest BCUT2D eigenvalue weighted by Gasteiger charge is 2.10. The molecular formula is C21H18BrIN2O3. The number of halogens is 2. The van der Waals surface area contributed by atoms with E-state index in [1.54, 1.807) is 26.5 Å². The first kappa shape index (κ1) is 20.6. The second-order valence-electron chi connectivity index (χ2n) is 5.96. The van der Waals surface area contributed by atoms with E-state index in [1.807, 2.05) is 42.5 Å². The normalized spacial score (nSPS) is 11.0. The number of nitrogens with zero attached hydrogens (tertiary/aromatic N) is 1. The number of amides is 1. The van der Waals surface area contributed by atoms with Gasteiger partial charge in [0.25, 0.3) is 0 Å². The Morgan fingerprint density at radius 1 is 1.14 bits per heavy atom. The number of hydrogen-bond acceptors (Lipinski definition) is 4. The minimum absolute atomic E-state index is 0.182. The van der Waals surface area contributed by atoms with E-state index in [4.69, 9.17) is 9.47 Å². The number of hydrazone groups is 1. The van der Waals surface area contributed by atoms with Crippen molar-refractivity contribution in [1.82, 2.24) is 5.43 Å². The SMILES string of the molecule is COc1cc(/C=N\NC(=O)Cc2ccc(Br)c3ccccc23)cc(I)c1OC. The van der Waals surface area contributed by atoms with Crippen molar-refractivity contribution >= 4 is 61.4 Å². The molecule has 144 valence electrons. The summed E-state index contributed by atoms with van der Waals surface area (Å²) in [5.41, 5.74) is 4.34. The van der Waals surface area contributed by atoms with Gasteiger partial charge in [0.15, 0.2) is 11.5 Å². The molecule has 1 amide bonds. The third-order valence-corrected chi connectivity index (χ3v) is 5.66. The number of nitrogens with one attached hydrogen (secondary N) is 1. The number of benzene rings is 3. The summed E-state index contributed by atoms with van der Waals surface area (Å²) in [6, 6.07) is 15.6. The molecule has 0 radical (unpaired) electrons. The molecule has 7 heteroatoms. The molecule has 0 bridgehead atoms. The zero-order chi connectivity index (χ0) is 20.1. The Morgan fingerprint density at radius 3 is 2.61 bits per heavy atom. The highest BCUT2D eigenvalue weighted by Crippen LogP contribution is 2.33. The summed E-state index contributed by atoms with van der Waals surface area (Å²) < 4.78 is 12.6. The lowest BCUT2D eigenvalue weighted by Gasteiger charge is -2.10. The Labute approximate surface area is 185 Å². The van der Waals surface area contributed by atoms with Crippen LogP contribution in [0.15, 0.2) is 58.1 Å². The number of rotatable bonds is 6. The Bertz CT molecular complexity index is 1050. The van der Waals surface area contributed by atoms with Crippen LogP contribution in [0.25, 0.3) is 10.8 Å². The lowest BCUT2D eigenvalue weighted by molar-refractivity contribution is -0.120. The molecule has 1 N–H and O–H groups in total. The van der Waals surface area contributed by atoms with E-state index in [1.165, 1.54) is 0 Å².